The van der Waals surface area contributed by atoms with Gasteiger partial charge in [-0.1, -0.05) is 0 Å². The van der Waals surface area contributed by atoms with Crippen LogP contribution in [0.4, 0.5) is 0 Å². The molecular weight excluding hydrogens is 228 g/mol. The number of hydrogen-bond donors (Lipinski definition) is 0. The molecule has 0 aromatic carbocycles. The van der Waals surface area contributed by atoms with E-state index in [2.05, 4.69) is 0 Å². The van der Waals surface area contributed by atoms with Crippen LogP contribution in [0.2, 0.25) is 0 Å². The van der Waals surface area contributed by atoms with Gasteiger partial charge in [0.1, 0.15) is 0 Å². The van der Waals surface area contributed by atoms with Gasteiger partial charge >= 0.3 is 34.4 Å². The van der Waals surface area contributed by atoms with Gasteiger partial charge in [-0.05, 0) is 0 Å². The first-order valence-corrected chi connectivity index (χ1v) is 2.19. The molecule has 0 saturated carbocycles. The molecule has 0 unspecified atom stereocenters. The SMILES string of the molecule is O=P([O-])([O-])[O-].[Al+3].[Mn+2].[V]. The Balaban J connectivity index is -0.0000000267. The standard InChI is InChI=1S/Al.Mn.H3O4P.V/c;;1-5(2,3)4;/h;;(H3,1,2,3,4);/q+3;+2;;/p-3. The molecule has 0 aliphatic rings. The third-order valence-electron chi connectivity index (χ3n) is 0. The molecule has 0 rings (SSSR count). The molecule has 8 heteroatoms. The van der Waals surface area contributed by atoms with Crippen LogP contribution in [0.3, 0.4) is 0 Å². The molecule has 0 spiro atoms. The first-order valence-electron chi connectivity index (χ1n) is 0.730. The van der Waals surface area contributed by atoms with E-state index < -0.39 is 7.82 Å². The summed E-state index contributed by atoms with van der Waals surface area (Å²) in [5.74, 6) is 0. The van der Waals surface area contributed by atoms with E-state index in [1.54, 1.807) is 0 Å². The molecule has 0 aromatic heterocycles. The van der Waals surface area contributed by atoms with Gasteiger partial charge in [0.15, 0.2) is 0 Å². The van der Waals surface area contributed by atoms with Crippen LogP contribution in [0, 0.1) is 0 Å². The Morgan fingerprint density at radius 3 is 1.12 bits per heavy atom. The molecule has 0 aliphatic carbocycles. The first kappa shape index (κ1) is 22.6. The summed E-state index contributed by atoms with van der Waals surface area (Å²) in [6.07, 6.45) is 0. The van der Waals surface area contributed by atoms with Gasteiger partial charge in [0.05, 0.1) is 0 Å². The van der Waals surface area contributed by atoms with Crippen molar-refractivity contribution < 1.29 is 54.9 Å². The Labute approximate surface area is 79.8 Å². The Morgan fingerprint density at radius 2 is 1.12 bits per heavy atom. The average Bonchev–Trinajstić information content (AvgIpc) is 0.722. The minimum Gasteiger partial charge on any atom is -0.822 e. The molecule has 0 heterocycles. The van der Waals surface area contributed by atoms with Crippen molar-refractivity contribution in [2.45, 2.75) is 0 Å². The van der Waals surface area contributed by atoms with Crippen LogP contribution < -0.4 is 14.7 Å². The summed E-state index contributed by atoms with van der Waals surface area (Å²) < 4.78 is 8.55. The summed E-state index contributed by atoms with van der Waals surface area (Å²) in [5, 5.41) is 0. The van der Waals surface area contributed by atoms with E-state index in [0.29, 0.717) is 0 Å². The fraction of sp³-hybridized carbons (Fsp3) is 0. The van der Waals surface area contributed by atoms with Crippen LogP contribution in [0.1, 0.15) is 0 Å². The van der Waals surface area contributed by atoms with Gasteiger partial charge in [0.2, 0.25) is 0 Å². The molecule has 0 fully saturated rings. The largest absolute Gasteiger partial charge is 3.00 e. The van der Waals surface area contributed by atoms with Crippen molar-refractivity contribution in [2.24, 2.45) is 0 Å². The van der Waals surface area contributed by atoms with Crippen LogP contribution in [0.15, 0.2) is 0 Å². The summed E-state index contributed by atoms with van der Waals surface area (Å²) >= 11 is 0. The van der Waals surface area contributed by atoms with Gasteiger partial charge in [-0.3, -0.25) is 0 Å². The van der Waals surface area contributed by atoms with Crippen LogP contribution in [-0.4, -0.2) is 17.4 Å². The minimum atomic E-state index is -5.39. The zero-order valence-electron chi connectivity index (χ0n) is 3.48. The van der Waals surface area contributed by atoms with Crippen molar-refractivity contribution in [3.8, 4) is 0 Å². The Kier molecular flexibility index (Phi) is 24.7. The second kappa shape index (κ2) is 8.75. The molecule has 0 aliphatic heterocycles. The van der Waals surface area contributed by atoms with Gasteiger partial charge in [-0.2, -0.15) is 7.82 Å². The van der Waals surface area contributed by atoms with E-state index in [0.717, 1.165) is 0 Å². The third kappa shape index (κ3) is 116. The molecule has 0 atom stereocenters. The van der Waals surface area contributed by atoms with Crippen LogP contribution in [-0.2, 0) is 40.2 Å². The normalized spacial score (nSPS) is 7.38. The van der Waals surface area contributed by atoms with Crippen molar-refractivity contribution in [1.29, 1.82) is 0 Å². The fourth-order valence-electron chi connectivity index (χ4n) is 0. The van der Waals surface area contributed by atoms with Crippen molar-refractivity contribution >= 4 is 25.2 Å². The average molecular weight is 228 g/mol. The number of hydrogen-bond acceptors (Lipinski definition) is 4. The molecule has 4 nitrogen and oxygen atoms in total. The zero-order chi connectivity index (χ0) is 4.50. The second-order valence-electron chi connectivity index (χ2n) is 0.447. The summed E-state index contributed by atoms with van der Waals surface area (Å²) in [4.78, 5) is 25.6. The fourth-order valence-corrected chi connectivity index (χ4v) is 0. The molecule has 0 aromatic rings. The van der Waals surface area contributed by atoms with Crippen molar-refractivity contribution in [3.05, 3.63) is 0 Å². The summed E-state index contributed by atoms with van der Waals surface area (Å²) in [6, 6.07) is 0. The van der Waals surface area contributed by atoms with E-state index in [4.69, 9.17) is 19.2 Å². The molecule has 8 heavy (non-hydrogen) atoms. The second-order valence-corrected chi connectivity index (χ2v) is 1.34. The zero-order valence-corrected chi connectivity index (χ0v) is 8.11. The monoisotopic (exact) mass is 228 g/mol. The van der Waals surface area contributed by atoms with Crippen LogP contribution in [0.5, 0.6) is 0 Å². The maximum absolute atomic E-state index is 8.55. The molecule has 0 saturated heterocycles. The number of phosphoric acid groups is 1. The van der Waals surface area contributed by atoms with Gasteiger partial charge in [-0.25, -0.2) is 0 Å². The summed E-state index contributed by atoms with van der Waals surface area (Å²) in [7, 11) is -5.39. The van der Waals surface area contributed by atoms with Gasteiger partial charge in [0, 0.05) is 18.6 Å². The number of rotatable bonds is 0. The molecule has 0 bridgehead atoms. The molecular formula is AlMnO4PV+2. The molecule has 2 radical (unpaired) electrons. The predicted octanol–water partition coefficient (Wildman–Crippen LogP) is -3.21. The van der Waals surface area contributed by atoms with E-state index in [1.807, 2.05) is 0 Å². The smallest absolute Gasteiger partial charge is 0.822 e. The first-order chi connectivity index (χ1) is 2.00. The predicted molar refractivity (Wildman–Crippen MR) is 13.4 cm³/mol. The van der Waals surface area contributed by atoms with Crippen LogP contribution in [0.25, 0.3) is 0 Å². The third-order valence-corrected chi connectivity index (χ3v) is 0. The summed E-state index contributed by atoms with van der Waals surface area (Å²) in [5.41, 5.74) is 0. The maximum Gasteiger partial charge on any atom is 3.00 e. The van der Waals surface area contributed by atoms with Gasteiger partial charge in [-0.15, -0.1) is 0 Å². The van der Waals surface area contributed by atoms with E-state index in [1.165, 1.54) is 0 Å². The Hall–Kier alpha value is 1.75. The van der Waals surface area contributed by atoms with Crippen LogP contribution >= 0.6 is 7.82 Å². The van der Waals surface area contributed by atoms with E-state index >= 15 is 0 Å². The topological polar surface area (TPSA) is 86.2 Å². The maximum atomic E-state index is 8.55. The van der Waals surface area contributed by atoms with Gasteiger partial charge in [0.25, 0.3) is 0 Å². The summed E-state index contributed by atoms with van der Waals surface area (Å²) in [6.45, 7) is 0. The molecule has 42 valence electrons. The van der Waals surface area contributed by atoms with E-state index in [9.17, 15) is 0 Å². The quantitative estimate of drug-likeness (QED) is 0.322. The molecule has 0 N–H and O–H groups in total. The van der Waals surface area contributed by atoms with E-state index in [-0.39, 0.29) is 53.0 Å². The minimum absolute atomic E-state index is 0. The van der Waals surface area contributed by atoms with Crippen molar-refractivity contribution in [3.63, 3.8) is 0 Å². The Bertz CT molecular complexity index is 62.2. The molecule has 0 amide bonds. The van der Waals surface area contributed by atoms with Gasteiger partial charge < -0.3 is 19.2 Å². The Morgan fingerprint density at radius 1 is 1.12 bits per heavy atom. The van der Waals surface area contributed by atoms with Crippen molar-refractivity contribution in [2.75, 3.05) is 0 Å². The van der Waals surface area contributed by atoms with Crippen molar-refractivity contribution in [1.82, 2.24) is 0 Å².